The zero-order valence-electron chi connectivity index (χ0n) is 23.0. The molecule has 1 spiro atoms. The Balaban J connectivity index is 1.40. The summed E-state index contributed by atoms with van der Waals surface area (Å²) in [5, 5.41) is 14.7. The third kappa shape index (κ3) is 3.45. The fourth-order valence-corrected chi connectivity index (χ4v) is 7.34. The Morgan fingerprint density at radius 1 is 0.886 bits per heavy atom. The van der Waals surface area contributed by atoms with Crippen molar-refractivity contribution in [1.82, 2.24) is 4.90 Å². The van der Waals surface area contributed by atoms with Crippen molar-refractivity contribution in [3.63, 3.8) is 0 Å². The van der Waals surface area contributed by atoms with Crippen LogP contribution in [0.2, 0.25) is 0 Å². The average molecular weight is 586 g/mol. The van der Waals surface area contributed by atoms with E-state index in [0.29, 0.717) is 22.7 Å². The van der Waals surface area contributed by atoms with Gasteiger partial charge in [-0.15, -0.1) is 0 Å². The third-order valence-electron chi connectivity index (χ3n) is 9.12. The Morgan fingerprint density at radius 3 is 2.52 bits per heavy atom. The van der Waals surface area contributed by atoms with Crippen LogP contribution in [-0.4, -0.2) is 40.1 Å². The van der Waals surface area contributed by atoms with Gasteiger partial charge in [0.05, 0.1) is 16.9 Å². The summed E-state index contributed by atoms with van der Waals surface area (Å²) in [6.45, 7) is 0.0259. The van der Waals surface area contributed by atoms with E-state index in [1.54, 1.807) is 42.6 Å². The van der Waals surface area contributed by atoms with E-state index < -0.39 is 45.8 Å². The number of ether oxygens (including phenoxy) is 2. The molecule has 1 saturated heterocycles. The van der Waals surface area contributed by atoms with Gasteiger partial charge in [0.15, 0.2) is 23.1 Å². The Labute approximate surface area is 250 Å². The fourth-order valence-electron chi connectivity index (χ4n) is 7.34. The van der Waals surface area contributed by atoms with E-state index in [4.69, 9.17) is 9.47 Å². The van der Waals surface area contributed by atoms with Crippen LogP contribution in [-0.2, 0) is 10.2 Å². The summed E-state index contributed by atoms with van der Waals surface area (Å²) in [5.41, 5.74) is 1.32. The highest BCUT2D eigenvalue weighted by Gasteiger charge is 2.70. The largest absolute Gasteiger partial charge is 0.454 e. The minimum Gasteiger partial charge on any atom is -0.454 e. The average Bonchev–Trinajstić information content (AvgIpc) is 3.73. The number of hydrogen-bond acceptors (Lipinski definition) is 8. The zero-order valence-corrected chi connectivity index (χ0v) is 23.0. The predicted octanol–water partition coefficient (Wildman–Crippen LogP) is 5.31. The first-order valence-corrected chi connectivity index (χ1v) is 14.1. The van der Waals surface area contributed by atoms with Crippen molar-refractivity contribution >= 4 is 34.9 Å². The number of para-hydroxylation sites is 1. The molecule has 4 aromatic rings. The van der Waals surface area contributed by atoms with Crippen LogP contribution in [0.1, 0.15) is 43.4 Å². The number of carbonyl (C=O) groups excluding carboxylic acids is 3. The number of nitrogens with one attached hydrogen (secondary N) is 1. The van der Waals surface area contributed by atoms with Gasteiger partial charge in [-0.05, 0) is 47.0 Å². The van der Waals surface area contributed by atoms with Gasteiger partial charge < -0.3 is 19.7 Å². The van der Waals surface area contributed by atoms with Crippen LogP contribution in [0.25, 0.3) is 6.08 Å². The van der Waals surface area contributed by atoms with Gasteiger partial charge in [-0.1, -0.05) is 54.6 Å². The standard InChI is InChI=1S/C34H23N3O7/c38-30(20-7-5-8-22(16-20)37(41)42)28-29(31(39)21-12-13-26-27(17-21)44-18-43-26)36-15-14-19-6-1-2-9-23(19)32(36)34(28)24-10-3-4-11-25(24)35-33(34)40/h1-17,28-29,32H,18H2,(H,35,40)/t28-,29+,32-,34+/m1/s1. The number of amides is 1. The maximum atomic E-state index is 14.9. The van der Waals surface area contributed by atoms with Crippen LogP contribution < -0.4 is 14.8 Å². The lowest BCUT2D eigenvalue weighted by molar-refractivity contribution is -0.384. The first kappa shape index (κ1) is 25.9. The summed E-state index contributed by atoms with van der Waals surface area (Å²) in [6.07, 6.45) is 3.65. The van der Waals surface area contributed by atoms with Crippen molar-refractivity contribution in [2.75, 3.05) is 12.1 Å². The first-order valence-electron chi connectivity index (χ1n) is 14.1. The molecular formula is C34H23N3O7. The number of nitrogens with zero attached hydrogens (tertiary/aromatic N) is 2. The van der Waals surface area contributed by atoms with Gasteiger partial charge in [-0.3, -0.25) is 24.5 Å². The van der Waals surface area contributed by atoms with Crippen molar-refractivity contribution in [3.05, 3.63) is 135 Å². The van der Waals surface area contributed by atoms with Gasteiger partial charge in [0.2, 0.25) is 12.7 Å². The maximum absolute atomic E-state index is 14.9. The SMILES string of the molecule is O=C(c1ccc2c(c1)OCO2)[C@@H]1[C@H](C(=O)c2cccc([N+](=O)[O-])c2)[C@]2(C(=O)Nc3ccccc32)[C@H]2c3ccccc3C=CN12. The quantitative estimate of drug-likeness (QED) is 0.190. The summed E-state index contributed by atoms with van der Waals surface area (Å²) < 4.78 is 11.0. The van der Waals surface area contributed by atoms with Gasteiger partial charge in [-0.25, -0.2) is 0 Å². The molecule has 10 heteroatoms. The lowest BCUT2D eigenvalue weighted by Crippen LogP contribution is -2.49. The van der Waals surface area contributed by atoms with Crippen molar-refractivity contribution < 1.29 is 28.8 Å². The summed E-state index contributed by atoms with van der Waals surface area (Å²) >= 11 is 0. The highest BCUT2D eigenvalue weighted by Crippen LogP contribution is 2.62. The summed E-state index contributed by atoms with van der Waals surface area (Å²) in [6, 6.07) is 23.2. The van der Waals surface area contributed by atoms with Crippen LogP contribution in [0.15, 0.2) is 97.2 Å². The molecule has 44 heavy (non-hydrogen) atoms. The number of non-ortho nitro benzene ring substituents is 1. The second-order valence-electron chi connectivity index (χ2n) is 11.2. The molecule has 0 saturated carbocycles. The topological polar surface area (TPSA) is 128 Å². The Morgan fingerprint density at radius 2 is 1.66 bits per heavy atom. The molecule has 8 rings (SSSR count). The van der Waals surface area contributed by atoms with Gasteiger partial charge in [0.1, 0.15) is 11.5 Å². The number of benzene rings is 4. The van der Waals surface area contributed by atoms with E-state index in [0.717, 1.165) is 11.1 Å². The Kier molecular flexibility index (Phi) is 5.51. The summed E-state index contributed by atoms with van der Waals surface area (Å²) in [7, 11) is 0. The maximum Gasteiger partial charge on any atom is 0.270 e. The van der Waals surface area contributed by atoms with Gasteiger partial charge in [-0.2, -0.15) is 0 Å². The Hall–Kier alpha value is -5.77. The molecule has 1 amide bonds. The molecule has 0 aliphatic carbocycles. The predicted molar refractivity (Wildman–Crippen MR) is 158 cm³/mol. The lowest BCUT2D eigenvalue weighted by Gasteiger charge is -2.38. The smallest absolute Gasteiger partial charge is 0.270 e. The third-order valence-corrected chi connectivity index (χ3v) is 9.12. The van der Waals surface area contributed by atoms with Crippen LogP contribution in [0.5, 0.6) is 11.5 Å². The molecule has 4 aliphatic heterocycles. The zero-order chi connectivity index (χ0) is 30.2. The first-order chi connectivity index (χ1) is 21.4. The number of Topliss-reactive ketones (excluding diaryl/α,β-unsaturated/α-hetero) is 2. The van der Waals surface area contributed by atoms with Gasteiger partial charge in [0, 0.05) is 35.1 Å². The molecule has 1 N–H and O–H groups in total. The minimum atomic E-state index is -1.55. The van der Waals surface area contributed by atoms with E-state index in [1.807, 2.05) is 41.3 Å². The van der Waals surface area contributed by atoms with Gasteiger partial charge in [0.25, 0.3) is 5.69 Å². The van der Waals surface area contributed by atoms with Crippen molar-refractivity contribution in [2.45, 2.75) is 17.5 Å². The number of rotatable bonds is 5. The van der Waals surface area contributed by atoms with Gasteiger partial charge >= 0.3 is 0 Å². The monoisotopic (exact) mass is 585 g/mol. The van der Waals surface area contributed by atoms with Crippen LogP contribution in [0.4, 0.5) is 11.4 Å². The van der Waals surface area contributed by atoms with Crippen LogP contribution in [0, 0.1) is 16.0 Å². The lowest BCUT2D eigenvalue weighted by atomic mass is 9.62. The van der Waals surface area contributed by atoms with Crippen LogP contribution >= 0.6 is 0 Å². The second-order valence-corrected chi connectivity index (χ2v) is 11.2. The van der Waals surface area contributed by atoms with Crippen molar-refractivity contribution in [2.24, 2.45) is 5.92 Å². The molecule has 0 aromatic heterocycles. The number of fused-ring (bicyclic) bond motifs is 7. The molecule has 0 bridgehead atoms. The molecule has 0 radical (unpaired) electrons. The molecule has 4 heterocycles. The van der Waals surface area contributed by atoms with E-state index in [-0.39, 0.29) is 23.6 Å². The molecule has 0 unspecified atom stereocenters. The normalized spacial score (nSPS) is 23.6. The van der Waals surface area contributed by atoms with E-state index in [9.17, 15) is 24.5 Å². The number of nitro benzene ring substituents is 1. The second kappa shape index (κ2) is 9.37. The van der Waals surface area contributed by atoms with Crippen molar-refractivity contribution in [1.29, 1.82) is 0 Å². The molecule has 4 aromatic carbocycles. The molecule has 216 valence electrons. The number of ketones is 2. The number of nitro groups is 1. The van der Waals surface area contributed by atoms with Crippen molar-refractivity contribution in [3.8, 4) is 11.5 Å². The van der Waals surface area contributed by atoms with E-state index >= 15 is 0 Å². The number of anilines is 1. The molecule has 4 aliphatic rings. The molecule has 1 fully saturated rings. The van der Waals surface area contributed by atoms with E-state index in [1.165, 1.54) is 24.3 Å². The molecule has 10 nitrogen and oxygen atoms in total. The Bertz CT molecular complexity index is 1970. The van der Waals surface area contributed by atoms with E-state index in [2.05, 4.69) is 5.32 Å². The fraction of sp³-hybridized carbons (Fsp3) is 0.147. The number of carbonyl (C=O) groups is 3. The highest BCUT2D eigenvalue weighted by atomic mass is 16.7. The minimum absolute atomic E-state index is 0.0259. The molecule has 4 atom stereocenters. The van der Waals surface area contributed by atoms with Crippen LogP contribution in [0.3, 0.4) is 0 Å². The molecular weight excluding hydrogens is 562 g/mol. The highest BCUT2D eigenvalue weighted by molar-refractivity contribution is 6.16. The summed E-state index contributed by atoms with van der Waals surface area (Å²) in [5.74, 6) is -1.70. The number of hydrogen-bond donors (Lipinski definition) is 1. The summed E-state index contributed by atoms with van der Waals surface area (Å²) in [4.78, 5) is 57.1.